The first-order valence-electron chi connectivity index (χ1n) is 15.9. The Hall–Kier alpha value is -3.98. The number of benzene rings is 2. The molecule has 0 spiro atoms. The first kappa shape index (κ1) is 35.3. The summed E-state index contributed by atoms with van der Waals surface area (Å²) < 4.78 is 64.7. The van der Waals surface area contributed by atoms with Crippen molar-refractivity contribution < 1.29 is 37.2 Å². The third-order valence-corrected chi connectivity index (χ3v) is 7.81. The van der Waals surface area contributed by atoms with Gasteiger partial charge in [-0.1, -0.05) is 0 Å². The van der Waals surface area contributed by atoms with Crippen molar-refractivity contribution in [2.75, 3.05) is 45.4 Å². The topological polar surface area (TPSA) is 107 Å². The number of halogens is 3. The van der Waals surface area contributed by atoms with Gasteiger partial charge in [0.15, 0.2) is 0 Å². The van der Waals surface area contributed by atoms with E-state index in [0.29, 0.717) is 40.5 Å². The van der Waals surface area contributed by atoms with Gasteiger partial charge in [0.2, 0.25) is 6.41 Å². The number of hydrogen-bond acceptors (Lipinski definition) is 10. The van der Waals surface area contributed by atoms with E-state index in [9.17, 15) is 18.3 Å². The molecule has 2 aromatic carbocycles. The van der Waals surface area contributed by atoms with Gasteiger partial charge in [-0.15, -0.1) is 0 Å². The average Bonchev–Trinajstić information content (AvgIpc) is 3.55. The molecule has 4 aromatic rings. The third-order valence-electron chi connectivity index (χ3n) is 7.81. The number of aromatic nitrogens is 4. The molecule has 11 nitrogen and oxygen atoms in total. The second kappa shape index (κ2) is 15.1. The minimum Gasteiger partial charge on any atom is -0.497 e. The van der Waals surface area contributed by atoms with Crippen LogP contribution in [0.5, 0.6) is 11.5 Å². The van der Waals surface area contributed by atoms with Crippen molar-refractivity contribution in [1.29, 1.82) is 0 Å². The molecule has 0 aliphatic carbocycles. The van der Waals surface area contributed by atoms with Crippen molar-refractivity contribution in [3.05, 3.63) is 55.0 Å². The van der Waals surface area contributed by atoms with E-state index in [2.05, 4.69) is 10.1 Å². The monoisotopic (exact) mass is 672 g/mol. The summed E-state index contributed by atoms with van der Waals surface area (Å²) in [4.78, 5) is 12.4. The van der Waals surface area contributed by atoms with Gasteiger partial charge in [0, 0.05) is 61.0 Å². The Bertz CT molecular complexity index is 1630. The standard InChI is InChI=1S/C34H43F3N6O5/c1-33(2,3)48-32(44)41(22-34(35,36)37)12-8-13-42(25-15-26(45-4)18-27(16-25)46-5)24-10-11-28-29(17-24)40-30(20-38-28)23-19-39-43(21-23)31-9-6-7-14-47-31/h10-11,15-21,31-32,44H,6-9,12-14,22H2,1-5H3. The van der Waals surface area contributed by atoms with Gasteiger partial charge in [0.25, 0.3) is 0 Å². The average molecular weight is 673 g/mol. The fraction of sp³-hybridized carbons (Fsp3) is 0.500. The van der Waals surface area contributed by atoms with Crippen LogP contribution in [-0.4, -0.2) is 88.4 Å². The van der Waals surface area contributed by atoms with Gasteiger partial charge in [0.05, 0.1) is 55.5 Å². The highest BCUT2D eigenvalue weighted by atomic mass is 19.4. The van der Waals surface area contributed by atoms with E-state index < -0.39 is 24.7 Å². The highest BCUT2D eigenvalue weighted by Crippen LogP contribution is 2.35. The summed E-state index contributed by atoms with van der Waals surface area (Å²) in [5.41, 5.74) is 3.32. The van der Waals surface area contributed by atoms with E-state index in [1.807, 2.05) is 46.1 Å². The molecular formula is C34H43F3N6O5. The van der Waals surface area contributed by atoms with Gasteiger partial charge in [-0.25, -0.2) is 14.6 Å². The molecule has 1 N–H and O–H groups in total. The maximum atomic E-state index is 13.5. The molecule has 3 heterocycles. The largest absolute Gasteiger partial charge is 0.497 e. The van der Waals surface area contributed by atoms with E-state index in [1.165, 1.54) is 0 Å². The Labute approximate surface area is 278 Å². The Balaban J connectivity index is 1.45. The summed E-state index contributed by atoms with van der Waals surface area (Å²) in [6.07, 6.45) is 2.26. The Morgan fingerprint density at radius 2 is 1.73 bits per heavy atom. The third kappa shape index (κ3) is 9.34. The molecule has 1 saturated heterocycles. The molecule has 2 unspecified atom stereocenters. The predicted octanol–water partition coefficient (Wildman–Crippen LogP) is 6.69. The normalized spacial score (nSPS) is 16.3. The highest BCUT2D eigenvalue weighted by Gasteiger charge is 2.35. The molecule has 5 rings (SSSR count). The van der Waals surface area contributed by atoms with E-state index in [1.54, 1.807) is 53.5 Å². The number of fused-ring (bicyclic) bond motifs is 1. The van der Waals surface area contributed by atoms with Crippen LogP contribution in [0.3, 0.4) is 0 Å². The Morgan fingerprint density at radius 3 is 2.38 bits per heavy atom. The lowest BCUT2D eigenvalue weighted by Crippen LogP contribution is -2.47. The maximum absolute atomic E-state index is 13.5. The highest BCUT2D eigenvalue weighted by molar-refractivity contribution is 5.82. The Morgan fingerprint density at radius 1 is 0.979 bits per heavy atom. The molecule has 1 fully saturated rings. The molecule has 48 heavy (non-hydrogen) atoms. The molecule has 1 aliphatic heterocycles. The van der Waals surface area contributed by atoms with E-state index in [4.69, 9.17) is 23.9 Å². The van der Waals surface area contributed by atoms with Crippen LogP contribution in [0.25, 0.3) is 22.3 Å². The van der Waals surface area contributed by atoms with Gasteiger partial charge in [0.1, 0.15) is 17.7 Å². The van der Waals surface area contributed by atoms with Crippen LogP contribution >= 0.6 is 0 Å². The fourth-order valence-electron chi connectivity index (χ4n) is 5.54. The zero-order valence-electron chi connectivity index (χ0n) is 27.9. The van der Waals surface area contributed by atoms with E-state index >= 15 is 0 Å². The quantitative estimate of drug-likeness (QED) is 0.154. The number of hydrogen-bond donors (Lipinski definition) is 1. The summed E-state index contributed by atoms with van der Waals surface area (Å²) in [5.74, 6) is 1.09. The van der Waals surface area contributed by atoms with Gasteiger partial charge in [-0.3, -0.25) is 4.98 Å². The van der Waals surface area contributed by atoms with Gasteiger partial charge in [-0.05, 0) is 64.7 Å². The van der Waals surface area contributed by atoms with Gasteiger partial charge < -0.3 is 29.0 Å². The molecule has 0 amide bonds. The molecule has 0 saturated carbocycles. The first-order valence-corrected chi connectivity index (χ1v) is 15.9. The van der Waals surface area contributed by atoms with Crippen LogP contribution < -0.4 is 14.4 Å². The number of nitrogens with zero attached hydrogens (tertiary/aromatic N) is 6. The lowest BCUT2D eigenvalue weighted by Gasteiger charge is -2.34. The van der Waals surface area contributed by atoms with Crippen LogP contribution in [0.2, 0.25) is 0 Å². The number of rotatable bonds is 13. The summed E-state index contributed by atoms with van der Waals surface area (Å²) in [5, 5.41) is 15.1. The minimum absolute atomic E-state index is 0.0966. The zero-order valence-corrected chi connectivity index (χ0v) is 27.9. The lowest BCUT2D eigenvalue weighted by atomic mass is 10.1. The van der Waals surface area contributed by atoms with Crippen LogP contribution in [-0.2, 0) is 9.47 Å². The number of ether oxygens (including phenoxy) is 4. The molecular weight excluding hydrogens is 629 g/mol. The zero-order chi connectivity index (χ0) is 34.5. The number of aliphatic hydroxyl groups excluding tert-OH is 1. The van der Waals surface area contributed by atoms with Gasteiger partial charge in [-0.2, -0.15) is 18.3 Å². The summed E-state index contributed by atoms with van der Waals surface area (Å²) in [6.45, 7) is 4.58. The van der Waals surface area contributed by atoms with Crippen LogP contribution in [0.4, 0.5) is 24.5 Å². The molecule has 260 valence electrons. The fourth-order valence-corrected chi connectivity index (χ4v) is 5.54. The van der Waals surface area contributed by atoms with Crippen molar-refractivity contribution in [1.82, 2.24) is 24.6 Å². The van der Waals surface area contributed by atoms with Crippen LogP contribution in [0.15, 0.2) is 55.0 Å². The van der Waals surface area contributed by atoms with Crippen molar-refractivity contribution in [2.24, 2.45) is 0 Å². The molecule has 0 radical (unpaired) electrons. The lowest BCUT2D eigenvalue weighted by molar-refractivity contribution is -0.263. The SMILES string of the molecule is COc1cc(OC)cc(N(CCCN(CC(F)(F)F)C(O)OC(C)(C)C)c2ccc3ncc(-c4cnn(C5CCCCO5)c4)nc3c2)c1. The van der Waals surface area contributed by atoms with E-state index in [-0.39, 0.29) is 25.7 Å². The predicted molar refractivity (Wildman–Crippen MR) is 175 cm³/mol. The van der Waals surface area contributed by atoms with Crippen molar-refractivity contribution in [2.45, 2.75) is 70.9 Å². The molecule has 0 bridgehead atoms. The minimum atomic E-state index is -4.53. The molecule has 14 heteroatoms. The number of methoxy groups -OCH3 is 2. The Kier molecular flexibility index (Phi) is 11.1. The van der Waals surface area contributed by atoms with Crippen molar-refractivity contribution in [3.8, 4) is 22.8 Å². The summed E-state index contributed by atoms with van der Waals surface area (Å²) >= 11 is 0. The molecule has 2 atom stereocenters. The smallest absolute Gasteiger partial charge is 0.401 e. The number of aliphatic hydroxyl groups is 1. The maximum Gasteiger partial charge on any atom is 0.401 e. The summed E-state index contributed by atoms with van der Waals surface area (Å²) in [6, 6.07) is 11.0. The number of alkyl halides is 3. The van der Waals surface area contributed by atoms with E-state index in [0.717, 1.165) is 35.4 Å². The van der Waals surface area contributed by atoms with Crippen molar-refractivity contribution >= 4 is 22.4 Å². The first-order chi connectivity index (χ1) is 22.8. The van der Waals surface area contributed by atoms with Crippen LogP contribution in [0, 0.1) is 0 Å². The van der Waals surface area contributed by atoms with Crippen LogP contribution in [0.1, 0.15) is 52.7 Å². The number of anilines is 2. The second-order valence-corrected chi connectivity index (χ2v) is 12.7. The summed E-state index contributed by atoms with van der Waals surface area (Å²) in [7, 11) is 3.09. The van der Waals surface area contributed by atoms with Gasteiger partial charge >= 0.3 is 6.18 Å². The second-order valence-electron chi connectivity index (χ2n) is 12.7. The molecule has 2 aromatic heterocycles. The molecule has 1 aliphatic rings. The van der Waals surface area contributed by atoms with Crippen molar-refractivity contribution in [3.63, 3.8) is 0 Å².